The van der Waals surface area contributed by atoms with Crippen LogP contribution < -0.4 is 0 Å². The minimum absolute atomic E-state index is 0.136. The van der Waals surface area contributed by atoms with Crippen LogP contribution in [0.5, 0.6) is 0 Å². The van der Waals surface area contributed by atoms with Gasteiger partial charge in [0.1, 0.15) is 5.76 Å². The average Bonchev–Trinajstić information content (AvgIpc) is 3.26. The maximum Gasteiger partial charge on any atom is 0.295 e. The van der Waals surface area contributed by atoms with Gasteiger partial charge in [0, 0.05) is 36.4 Å². The van der Waals surface area contributed by atoms with E-state index in [9.17, 15) is 34.9 Å². The van der Waals surface area contributed by atoms with E-state index in [1.807, 2.05) is 0 Å². The molecule has 2 aromatic rings. The number of hydrogen-bond donors (Lipinski definition) is 1. The standard InChI is InChI=1S/C33H43N3O7/c1-2-3-4-5-6-7-8-9-10-11-12-13-14-15-24-34-30(25-16-20-27(21-17-25)35(40)41)29(32(38)33(34)39)31(37)26-18-22-28(23-19-26)36(42)43/h16-23,30,37H,2-15,24H2,1H3/b31-29+/t30-/m1/s1. The quantitative estimate of drug-likeness (QED) is 0.0430. The summed E-state index contributed by atoms with van der Waals surface area (Å²) in [5.41, 5.74) is 0.161. The molecule has 0 aliphatic carbocycles. The largest absolute Gasteiger partial charge is 0.507 e. The Bertz CT molecular complexity index is 1270. The number of nitro benzene ring substituents is 2. The van der Waals surface area contributed by atoms with Gasteiger partial charge in [-0.1, -0.05) is 90.4 Å². The van der Waals surface area contributed by atoms with Crippen molar-refractivity contribution in [3.05, 3.63) is 85.5 Å². The summed E-state index contributed by atoms with van der Waals surface area (Å²) in [6, 6.07) is 9.69. The van der Waals surface area contributed by atoms with Crippen LogP contribution in [0.4, 0.5) is 11.4 Å². The number of non-ortho nitro benzene ring substituents is 2. The van der Waals surface area contributed by atoms with Crippen LogP contribution in [-0.4, -0.2) is 38.1 Å². The zero-order valence-electron chi connectivity index (χ0n) is 25.0. The number of likely N-dealkylation sites (tertiary alicyclic amines) is 1. The molecule has 3 rings (SSSR count). The minimum Gasteiger partial charge on any atom is -0.507 e. The highest BCUT2D eigenvalue weighted by molar-refractivity contribution is 6.46. The zero-order valence-corrected chi connectivity index (χ0v) is 25.0. The lowest BCUT2D eigenvalue weighted by molar-refractivity contribution is -0.385. The van der Waals surface area contributed by atoms with E-state index < -0.39 is 33.3 Å². The average molecular weight is 594 g/mol. The normalized spacial score (nSPS) is 16.1. The number of aliphatic hydroxyl groups excluding tert-OH is 1. The third-order valence-electron chi connectivity index (χ3n) is 8.06. The number of nitro groups is 2. The van der Waals surface area contributed by atoms with Crippen molar-refractivity contribution < 1.29 is 24.5 Å². The van der Waals surface area contributed by atoms with Gasteiger partial charge in [-0.15, -0.1) is 0 Å². The summed E-state index contributed by atoms with van der Waals surface area (Å²) < 4.78 is 0. The van der Waals surface area contributed by atoms with E-state index in [0.29, 0.717) is 18.5 Å². The highest BCUT2D eigenvalue weighted by atomic mass is 16.6. The molecular formula is C33H43N3O7. The topological polar surface area (TPSA) is 144 Å². The number of aliphatic hydroxyl groups is 1. The van der Waals surface area contributed by atoms with E-state index >= 15 is 0 Å². The fourth-order valence-electron chi connectivity index (χ4n) is 5.61. The summed E-state index contributed by atoms with van der Waals surface area (Å²) in [7, 11) is 0. The van der Waals surface area contributed by atoms with Crippen molar-refractivity contribution in [3.8, 4) is 0 Å². The number of nitrogens with zero attached hydrogens (tertiary/aromatic N) is 3. The molecule has 0 unspecified atom stereocenters. The molecule has 1 saturated heterocycles. The number of ketones is 1. The number of unbranched alkanes of at least 4 members (excludes halogenated alkanes) is 13. The Balaban J connectivity index is 1.62. The van der Waals surface area contributed by atoms with Crippen molar-refractivity contribution in [3.63, 3.8) is 0 Å². The van der Waals surface area contributed by atoms with Gasteiger partial charge in [0.05, 0.1) is 21.5 Å². The minimum atomic E-state index is -0.932. The first-order chi connectivity index (χ1) is 20.8. The van der Waals surface area contributed by atoms with E-state index in [1.54, 1.807) is 0 Å². The van der Waals surface area contributed by atoms with Crippen LogP contribution in [0.2, 0.25) is 0 Å². The Morgan fingerprint density at radius 2 is 1.12 bits per heavy atom. The van der Waals surface area contributed by atoms with Crippen molar-refractivity contribution in [2.45, 2.75) is 103 Å². The molecule has 0 saturated carbocycles. The molecule has 1 N–H and O–H groups in total. The van der Waals surface area contributed by atoms with Crippen LogP contribution in [-0.2, 0) is 9.59 Å². The van der Waals surface area contributed by atoms with Gasteiger partial charge in [-0.05, 0) is 36.2 Å². The second-order valence-electron chi connectivity index (χ2n) is 11.2. The van der Waals surface area contributed by atoms with Crippen LogP contribution in [0.1, 0.15) is 114 Å². The van der Waals surface area contributed by atoms with Crippen LogP contribution >= 0.6 is 0 Å². The molecule has 0 spiro atoms. The third kappa shape index (κ3) is 9.46. The molecule has 10 heteroatoms. The Kier molecular flexibility index (Phi) is 13.3. The van der Waals surface area contributed by atoms with E-state index in [4.69, 9.17) is 0 Å². The first-order valence-corrected chi connectivity index (χ1v) is 15.5. The van der Waals surface area contributed by atoms with Gasteiger partial charge in [0.2, 0.25) is 0 Å². The van der Waals surface area contributed by atoms with Gasteiger partial charge in [-0.3, -0.25) is 29.8 Å². The van der Waals surface area contributed by atoms with Gasteiger partial charge in [-0.2, -0.15) is 0 Å². The molecule has 0 radical (unpaired) electrons. The Labute approximate surface area is 253 Å². The number of rotatable bonds is 19. The van der Waals surface area contributed by atoms with Crippen LogP contribution in [0.15, 0.2) is 54.1 Å². The Morgan fingerprint density at radius 1 is 0.698 bits per heavy atom. The predicted octanol–water partition coefficient (Wildman–Crippen LogP) is 8.41. The smallest absolute Gasteiger partial charge is 0.295 e. The summed E-state index contributed by atoms with van der Waals surface area (Å²) in [5, 5.41) is 33.4. The van der Waals surface area contributed by atoms with Gasteiger partial charge >= 0.3 is 0 Å². The molecule has 2 aromatic carbocycles. The summed E-state index contributed by atoms with van der Waals surface area (Å²) in [4.78, 5) is 48.9. The molecule has 0 aromatic heterocycles. The SMILES string of the molecule is CCCCCCCCCCCCCCCCN1C(=O)C(=O)/C(=C(/O)c2ccc([N+](=O)[O-])cc2)[C@H]1c1ccc([N+](=O)[O-])cc1. The zero-order chi connectivity index (χ0) is 31.2. The van der Waals surface area contributed by atoms with E-state index in [0.717, 1.165) is 19.3 Å². The van der Waals surface area contributed by atoms with Crippen LogP contribution in [0, 0.1) is 20.2 Å². The maximum absolute atomic E-state index is 13.2. The van der Waals surface area contributed by atoms with Gasteiger partial charge < -0.3 is 10.0 Å². The second-order valence-corrected chi connectivity index (χ2v) is 11.2. The van der Waals surface area contributed by atoms with Crippen molar-refractivity contribution in [2.75, 3.05) is 6.54 Å². The number of hydrogen-bond acceptors (Lipinski definition) is 7. The lowest BCUT2D eigenvalue weighted by atomic mass is 9.95. The van der Waals surface area contributed by atoms with Crippen LogP contribution in [0.3, 0.4) is 0 Å². The molecule has 232 valence electrons. The summed E-state index contributed by atoms with van der Waals surface area (Å²) in [5.74, 6) is -2.05. The molecule has 0 bridgehead atoms. The lowest BCUT2D eigenvalue weighted by Gasteiger charge is -2.25. The van der Waals surface area contributed by atoms with Crippen LogP contribution in [0.25, 0.3) is 5.76 Å². The van der Waals surface area contributed by atoms with Crippen molar-refractivity contribution >= 4 is 28.8 Å². The molecule has 1 aliphatic rings. The highest BCUT2D eigenvalue weighted by Gasteiger charge is 2.45. The van der Waals surface area contributed by atoms with Gasteiger partial charge in [0.15, 0.2) is 0 Å². The number of amides is 1. The first kappa shape index (κ1) is 33.4. The second kappa shape index (κ2) is 17.1. The predicted molar refractivity (Wildman–Crippen MR) is 166 cm³/mol. The maximum atomic E-state index is 13.2. The van der Waals surface area contributed by atoms with Gasteiger partial charge in [0.25, 0.3) is 23.1 Å². The Hall–Kier alpha value is -4.08. The van der Waals surface area contributed by atoms with E-state index in [-0.39, 0.29) is 22.5 Å². The van der Waals surface area contributed by atoms with E-state index in [1.165, 1.54) is 118 Å². The number of carbonyl (C=O) groups excluding carboxylic acids is 2. The molecule has 10 nitrogen and oxygen atoms in total. The fourth-order valence-corrected chi connectivity index (χ4v) is 5.61. The fraction of sp³-hybridized carbons (Fsp3) is 0.515. The number of benzene rings is 2. The van der Waals surface area contributed by atoms with Crippen molar-refractivity contribution in [1.82, 2.24) is 4.90 Å². The third-order valence-corrected chi connectivity index (χ3v) is 8.06. The van der Waals surface area contributed by atoms with E-state index in [2.05, 4.69) is 6.92 Å². The molecule has 1 aliphatic heterocycles. The van der Waals surface area contributed by atoms with Crippen molar-refractivity contribution in [1.29, 1.82) is 0 Å². The molecule has 1 atom stereocenters. The lowest BCUT2D eigenvalue weighted by Crippen LogP contribution is -2.30. The molecule has 1 fully saturated rings. The number of carbonyl (C=O) groups is 2. The summed E-state index contributed by atoms with van der Waals surface area (Å²) >= 11 is 0. The summed E-state index contributed by atoms with van der Waals surface area (Å²) in [6.07, 6.45) is 16.6. The molecule has 1 amide bonds. The monoisotopic (exact) mass is 593 g/mol. The molecule has 1 heterocycles. The Morgan fingerprint density at radius 3 is 1.56 bits per heavy atom. The number of Topliss-reactive ketones (excluding diaryl/α,β-unsaturated/α-hetero) is 1. The van der Waals surface area contributed by atoms with Crippen molar-refractivity contribution in [2.24, 2.45) is 0 Å². The van der Waals surface area contributed by atoms with Gasteiger partial charge in [-0.25, -0.2) is 0 Å². The molecular weight excluding hydrogens is 550 g/mol. The highest BCUT2D eigenvalue weighted by Crippen LogP contribution is 2.40. The summed E-state index contributed by atoms with van der Waals surface area (Å²) in [6.45, 7) is 2.53. The molecule has 43 heavy (non-hydrogen) atoms. The first-order valence-electron chi connectivity index (χ1n) is 15.5.